The maximum atomic E-state index is 12.9. The molecule has 2 aliphatic rings. The molecule has 0 radical (unpaired) electrons. The number of hydrogen-bond acceptors (Lipinski definition) is 5. The molecule has 1 aromatic heterocycles. The van der Waals surface area contributed by atoms with E-state index in [1.807, 2.05) is 0 Å². The second kappa shape index (κ2) is 7.62. The van der Waals surface area contributed by atoms with Crippen LogP contribution < -0.4 is 5.32 Å². The van der Waals surface area contributed by atoms with Gasteiger partial charge < -0.3 is 15.2 Å². The first-order valence-electron chi connectivity index (χ1n) is 9.27. The number of halogens is 1. The molecule has 2 N–H and O–H groups in total. The van der Waals surface area contributed by atoms with Gasteiger partial charge in [-0.15, -0.1) is 0 Å². The third-order valence-corrected chi connectivity index (χ3v) is 6.00. The van der Waals surface area contributed by atoms with Crippen LogP contribution in [0.2, 0.25) is 5.02 Å². The minimum Gasteiger partial charge on any atom is -0.382 e. The summed E-state index contributed by atoms with van der Waals surface area (Å²) in [6.07, 6.45) is -0.726. The van der Waals surface area contributed by atoms with Gasteiger partial charge in [0.05, 0.1) is 18.9 Å². The molecular weight excluding hydrogens is 380 g/mol. The lowest BCUT2D eigenvalue weighted by Crippen LogP contribution is -2.21. The molecule has 1 saturated carbocycles. The van der Waals surface area contributed by atoms with Crippen LogP contribution in [0.15, 0.2) is 36.4 Å². The number of Topliss-reactive ketones (excluding diaryl/α,β-unsaturated/α-hetero) is 1. The largest absolute Gasteiger partial charge is 0.382 e. The second-order valence-electron chi connectivity index (χ2n) is 7.33. The Balaban J connectivity index is 1.64. The van der Waals surface area contributed by atoms with E-state index in [1.54, 1.807) is 30.3 Å². The number of ether oxygens (including phenoxy) is 1. The lowest BCUT2D eigenvalue weighted by atomic mass is 9.99. The molecule has 1 aliphatic heterocycles. The number of benzene rings is 1. The van der Waals surface area contributed by atoms with Crippen LogP contribution in [0.5, 0.6) is 0 Å². The van der Waals surface area contributed by atoms with Gasteiger partial charge in [-0.25, -0.2) is 4.98 Å². The summed E-state index contributed by atoms with van der Waals surface area (Å²) in [5, 5.41) is 13.7. The van der Waals surface area contributed by atoms with Crippen molar-refractivity contribution in [3.8, 4) is 0 Å². The molecule has 1 aliphatic carbocycles. The van der Waals surface area contributed by atoms with E-state index in [0.29, 0.717) is 40.3 Å². The van der Waals surface area contributed by atoms with Crippen molar-refractivity contribution in [2.24, 2.45) is 17.8 Å². The Morgan fingerprint density at radius 3 is 2.68 bits per heavy atom. The Morgan fingerprint density at radius 2 is 2.00 bits per heavy atom. The molecular formula is C21H21ClN2O4. The van der Waals surface area contributed by atoms with E-state index in [2.05, 4.69) is 10.3 Å². The van der Waals surface area contributed by atoms with E-state index in [0.717, 1.165) is 13.2 Å². The van der Waals surface area contributed by atoms with E-state index < -0.39 is 12.0 Å². The van der Waals surface area contributed by atoms with Crippen molar-refractivity contribution in [2.75, 3.05) is 20.3 Å². The lowest BCUT2D eigenvalue weighted by Gasteiger charge is -2.15. The summed E-state index contributed by atoms with van der Waals surface area (Å²) < 4.78 is 5.38. The molecule has 0 bridgehead atoms. The monoisotopic (exact) mass is 400 g/mol. The average molecular weight is 401 g/mol. The molecule has 0 spiro atoms. The molecule has 1 saturated heterocycles. The van der Waals surface area contributed by atoms with E-state index in [-0.39, 0.29) is 17.2 Å². The topological polar surface area (TPSA) is 88.5 Å². The summed E-state index contributed by atoms with van der Waals surface area (Å²) in [6.45, 7) is 1.44. The number of carbonyl (C=O) groups is 2. The summed E-state index contributed by atoms with van der Waals surface area (Å²) in [6, 6.07) is 9.91. The van der Waals surface area contributed by atoms with Crippen molar-refractivity contribution in [2.45, 2.75) is 12.5 Å². The Morgan fingerprint density at radius 1 is 1.29 bits per heavy atom. The van der Waals surface area contributed by atoms with Gasteiger partial charge in [0, 0.05) is 29.6 Å². The number of nitrogens with zero attached hydrogens (tertiary/aromatic N) is 1. The third kappa shape index (κ3) is 3.55. The van der Waals surface area contributed by atoms with Gasteiger partial charge in [0.1, 0.15) is 11.8 Å². The SMILES string of the molecule is CNC(=O)c1cc(C(=O)CC2[C@H]3COC[C@@H]23)cc([C@@H](O)c2ccccc2Cl)n1. The van der Waals surface area contributed by atoms with Crippen molar-refractivity contribution in [3.63, 3.8) is 0 Å². The zero-order chi connectivity index (χ0) is 19.8. The number of ketones is 1. The van der Waals surface area contributed by atoms with Gasteiger partial charge in [0.2, 0.25) is 0 Å². The second-order valence-corrected chi connectivity index (χ2v) is 7.73. The van der Waals surface area contributed by atoms with E-state index in [4.69, 9.17) is 16.3 Å². The van der Waals surface area contributed by atoms with Crippen LogP contribution in [0.4, 0.5) is 0 Å². The number of rotatable bonds is 6. The number of aromatic nitrogens is 1. The molecule has 2 heterocycles. The number of amides is 1. The molecule has 146 valence electrons. The molecule has 1 amide bonds. The molecule has 6 nitrogen and oxygen atoms in total. The molecule has 2 aromatic rings. The highest BCUT2D eigenvalue weighted by Gasteiger charge is 2.54. The Hall–Kier alpha value is -2.28. The quantitative estimate of drug-likeness (QED) is 0.728. The molecule has 1 aromatic carbocycles. The van der Waals surface area contributed by atoms with Gasteiger partial charge in [-0.1, -0.05) is 29.8 Å². The van der Waals surface area contributed by atoms with Gasteiger partial charge in [-0.3, -0.25) is 9.59 Å². The van der Waals surface area contributed by atoms with Crippen molar-refractivity contribution in [1.82, 2.24) is 10.3 Å². The van der Waals surface area contributed by atoms with Crippen LogP contribution in [0.3, 0.4) is 0 Å². The van der Waals surface area contributed by atoms with Crippen LogP contribution in [0, 0.1) is 17.8 Å². The maximum Gasteiger partial charge on any atom is 0.269 e. The summed E-state index contributed by atoms with van der Waals surface area (Å²) in [5.74, 6) is 0.808. The lowest BCUT2D eigenvalue weighted by molar-refractivity contribution is 0.0950. The fraction of sp³-hybridized carbons (Fsp3) is 0.381. The first-order chi connectivity index (χ1) is 13.5. The van der Waals surface area contributed by atoms with Crippen molar-refractivity contribution in [1.29, 1.82) is 0 Å². The third-order valence-electron chi connectivity index (χ3n) is 5.66. The number of nitrogens with one attached hydrogen (secondary N) is 1. The number of pyridine rings is 1. The first-order valence-corrected chi connectivity index (χ1v) is 9.65. The van der Waals surface area contributed by atoms with E-state index in [1.165, 1.54) is 13.1 Å². The number of carbonyl (C=O) groups excluding carboxylic acids is 2. The van der Waals surface area contributed by atoms with Crippen LogP contribution in [0.1, 0.15) is 44.6 Å². The van der Waals surface area contributed by atoms with Crippen molar-refractivity contribution in [3.05, 3.63) is 63.9 Å². The molecule has 28 heavy (non-hydrogen) atoms. The number of aliphatic hydroxyl groups excluding tert-OH is 1. The minimum absolute atomic E-state index is 0.0560. The summed E-state index contributed by atoms with van der Waals surface area (Å²) >= 11 is 6.19. The van der Waals surface area contributed by atoms with Crippen LogP contribution in [-0.4, -0.2) is 42.0 Å². The standard InChI is InChI=1S/C21H21ClN2O4/c1-23-21(27)18-7-11(19(25)8-13-14-9-28-10-15(13)14)6-17(24-18)20(26)12-4-2-3-5-16(12)22/h2-7,13-15,20,26H,8-10H2,1H3,(H,23,27)/t13?,14-,15+,20-/m0/s1. The van der Waals surface area contributed by atoms with Crippen LogP contribution in [-0.2, 0) is 4.74 Å². The van der Waals surface area contributed by atoms with Crippen molar-refractivity contribution < 1.29 is 19.4 Å². The predicted octanol–water partition coefficient (Wildman–Crippen LogP) is 2.64. The maximum absolute atomic E-state index is 12.9. The number of aliphatic hydroxyl groups is 1. The molecule has 4 rings (SSSR count). The highest BCUT2D eigenvalue weighted by molar-refractivity contribution is 6.31. The Kier molecular flexibility index (Phi) is 5.19. The molecule has 7 heteroatoms. The van der Waals surface area contributed by atoms with E-state index >= 15 is 0 Å². The fourth-order valence-corrected chi connectivity index (χ4v) is 4.19. The van der Waals surface area contributed by atoms with Gasteiger partial charge in [0.25, 0.3) is 5.91 Å². The minimum atomic E-state index is -1.14. The first kappa shape index (κ1) is 19.1. The average Bonchev–Trinajstić information content (AvgIpc) is 3.13. The van der Waals surface area contributed by atoms with Crippen molar-refractivity contribution >= 4 is 23.3 Å². The highest BCUT2D eigenvalue weighted by atomic mass is 35.5. The van der Waals surface area contributed by atoms with Crippen LogP contribution in [0.25, 0.3) is 0 Å². The fourth-order valence-electron chi connectivity index (χ4n) is 3.95. The van der Waals surface area contributed by atoms with Gasteiger partial charge in [-0.05, 0) is 36.0 Å². The Labute approximate surface area is 167 Å². The normalized spacial score (nSPS) is 23.8. The smallest absolute Gasteiger partial charge is 0.269 e. The zero-order valence-corrected chi connectivity index (χ0v) is 16.1. The molecule has 2 fully saturated rings. The summed E-state index contributed by atoms with van der Waals surface area (Å²) in [4.78, 5) is 29.3. The summed E-state index contributed by atoms with van der Waals surface area (Å²) in [5.41, 5.74) is 1.16. The highest BCUT2D eigenvalue weighted by Crippen LogP contribution is 2.53. The van der Waals surface area contributed by atoms with Gasteiger partial charge >= 0.3 is 0 Å². The Bertz CT molecular complexity index is 922. The van der Waals surface area contributed by atoms with E-state index in [9.17, 15) is 14.7 Å². The molecule has 1 unspecified atom stereocenters. The van der Waals surface area contributed by atoms with Gasteiger partial charge in [-0.2, -0.15) is 0 Å². The van der Waals surface area contributed by atoms with Gasteiger partial charge in [0.15, 0.2) is 5.78 Å². The van der Waals surface area contributed by atoms with Crippen LogP contribution >= 0.6 is 11.6 Å². The number of hydrogen-bond donors (Lipinski definition) is 2. The predicted molar refractivity (Wildman–Crippen MR) is 103 cm³/mol. The number of fused-ring (bicyclic) bond motifs is 1. The summed E-state index contributed by atoms with van der Waals surface area (Å²) in [7, 11) is 1.49. The molecule has 4 atom stereocenters. The zero-order valence-electron chi connectivity index (χ0n) is 15.4.